The van der Waals surface area contributed by atoms with Crippen LogP contribution in [0.5, 0.6) is 0 Å². The Balaban J connectivity index is 1.60. The highest BCUT2D eigenvalue weighted by molar-refractivity contribution is 7.17. The number of hydrogen-bond donors (Lipinski definition) is 4. The average Bonchev–Trinajstić information content (AvgIpc) is 3.09. The molecule has 2 aromatic heterocycles. The molecule has 2 heterocycles. The molecule has 0 aliphatic carbocycles. The van der Waals surface area contributed by atoms with Crippen molar-refractivity contribution in [3.05, 3.63) is 58.7 Å². The molecular formula is C19H20N6O2S. The first kappa shape index (κ1) is 19.3. The van der Waals surface area contributed by atoms with Crippen LogP contribution in [0.15, 0.2) is 42.6 Å². The highest BCUT2D eigenvalue weighted by Crippen LogP contribution is 2.28. The molecule has 0 unspecified atom stereocenters. The number of hydrogen-bond acceptors (Lipinski definition) is 6. The monoisotopic (exact) mass is 396 g/mol. The number of aromatic nitrogens is 2. The molecule has 28 heavy (non-hydrogen) atoms. The van der Waals surface area contributed by atoms with E-state index < -0.39 is 0 Å². The van der Waals surface area contributed by atoms with E-state index in [0.29, 0.717) is 28.6 Å². The number of nitrogen functional groups attached to an aromatic ring is 1. The third-order valence-electron chi connectivity index (χ3n) is 3.92. The number of thiazole rings is 1. The summed E-state index contributed by atoms with van der Waals surface area (Å²) < 4.78 is 0. The van der Waals surface area contributed by atoms with E-state index in [-0.39, 0.29) is 11.9 Å². The first-order valence-electron chi connectivity index (χ1n) is 8.51. The maximum Gasteiger partial charge on any atom is 0.319 e. The molecule has 9 heteroatoms. The van der Waals surface area contributed by atoms with Gasteiger partial charge in [-0.2, -0.15) is 0 Å². The SMILES string of the molecule is CNC(=O)c1sc(-c2ccc(NC(=O)NCc3ccc(N)nc3)cc2)nc1C. The van der Waals surface area contributed by atoms with Crippen LogP contribution in [0.1, 0.15) is 20.9 Å². The van der Waals surface area contributed by atoms with Crippen LogP contribution in [0.2, 0.25) is 0 Å². The van der Waals surface area contributed by atoms with Gasteiger partial charge in [0.1, 0.15) is 15.7 Å². The maximum absolute atomic E-state index is 12.0. The van der Waals surface area contributed by atoms with E-state index in [1.54, 1.807) is 44.4 Å². The predicted octanol–water partition coefficient (Wildman–Crippen LogP) is 2.78. The van der Waals surface area contributed by atoms with Crippen LogP contribution >= 0.6 is 11.3 Å². The number of benzene rings is 1. The molecule has 0 spiro atoms. The number of pyridine rings is 1. The molecule has 0 atom stereocenters. The van der Waals surface area contributed by atoms with Gasteiger partial charge in [0, 0.05) is 31.0 Å². The maximum atomic E-state index is 12.0. The quantitative estimate of drug-likeness (QED) is 0.528. The molecule has 0 aliphatic rings. The van der Waals surface area contributed by atoms with Gasteiger partial charge in [0.05, 0.1) is 5.69 Å². The summed E-state index contributed by atoms with van der Waals surface area (Å²) in [5, 5.41) is 8.89. The standard InChI is InChI=1S/C19H20N6O2S/c1-11-16(17(26)21-2)28-18(24-11)13-4-6-14(7-5-13)25-19(27)23-10-12-3-8-15(20)22-9-12/h3-9H,10H2,1-2H3,(H2,20,22)(H,21,26)(H2,23,25,27). The summed E-state index contributed by atoms with van der Waals surface area (Å²) in [5.41, 5.74) is 8.61. The van der Waals surface area contributed by atoms with Crippen molar-refractivity contribution in [3.8, 4) is 10.6 Å². The van der Waals surface area contributed by atoms with Gasteiger partial charge in [-0.1, -0.05) is 6.07 Å². The third kappa shape index (κ3) is 4.63. The Bertz CT molecular complexity index is 983. The van der Waals surface area contributed by atoms with Gasteiger partial charge in [0.15, 0.2) is 0 Å². The molecule has 144 valence electrons. The van der Waals surface area contributed by atoms with Crippen molar-refractivity contribution in [1.82, 2.24) is 20.6 Å². The Morgan fingerprint density at radius 2 is 1.89 bits per heavy atom. The second-order valence-electron chi connectivity index (χ2n) is 5.99. The van der Waals surface area contributed by atoms with Gasteiger partial charge in [0.25, 0.3) is 5.91 Å². The second kappa shape index (κ2) is 8.49. The molecule has 3 amide bonds. The molecule has 5 N–H and O–H groups in total. The lowest BCUT2D eigenvalue weighted by Gasteiger charge is -2.08. The number of nitrogens with two attached hydrogens (primary N) is 1. The second-order valence-corrected chi connectivity index (χ2v) is 6.99. The number of amides is 3. The fraction of sp³-hybridized carbons (Fsp3) is 0.158. The number of rotatable bonds is 5. The zero-order valence-corrected chi connectivity index (χ0v) is 16.3. The van der Waals surface area contributed by atoms with Crippen molar-refractivity contribution in [1.29, 1.82) is 0 Å². The number of aryl methyl sites for hydroxylation is 1. The van der Waals surface area contributed by atoms with Crippen LogP contribution in [0.25, 0.3) is 10.6 Å². The lowest BCUT2D eigenvalue weighted by atomic mass is 10.2. The highest BCUT2D eigenvalue weighted by Gasteiger charge is 2.15. The van der Waals surface area contributed by atoms with Gasteiger partial charge in [-0.15, -0.1) is 11.3 Å². The molecule has 0 saturated heterocycles. The highest BCUT2D eigenvalue weighted by atomic mass is 32.1. The van der Waals surface area contributed by atoms with Gasteiger partial charge < -0.3 is 21.7 Å². The van der Waals surface area contributed by atoms with Crippen LogP contribution in [-0.4, -0.2) is 29.0 Å². The molecule has 3 aromatic rings. The lowest BCUT2D eigenvalue weighted by Crippen LogP contribution is -2.28. The Kier molecular flexibility index (Phi) is 5.85. The van der Waals surface area contributed by atoms with Gasteiger partial charge in [-0.3, -0.25) is 4.79 Å². The fourth-order valence-corrected chi connectivity index (χ4v) is 3.46. The summed E-state index contributed by atoms with van der Waals surface area (Å²) in [6, 6.07) is 10.4. The number of carbonyl (C=O) groups excluding carboxylic acids is 2. The third-order valence-corrected chi connectivity index (χ3v) is 5.13. The van der Waals surface area contributed by atoms with E-state index in [1.807, 2.05) is 12.1 Å². The van der Waals surface area contributed by atoms with Crippen molar-refractivity contribution in [2.24, 2.45) is 0 Å². The Morgan fingerprint density at radius 3 is 2.54 bits per heavy atom. The van der Waals surface area contributed by atoms with Crippen molar-refractivity contribution in [2.75, 3.05) is 18.1 Å². The van der Waals surface area contributed by atoms with E-state index in [4.69, 9.17) is 5.73 Å². The molecule has 0 bridgehead atoms. The molecule has 1 aromatic carbocycles. The zero-order valence-electron chi connectivity index (χ0n) is 15.4. The van der Waals surface area contributed by atoms with Crippen LogP contribution < -0.4 is 21.7 Å². The number of carbonyl (C=O) groups is 2. The number of urea groups is 1. The van der Waals surface area contributed by atoms with Gasteiger partial charge in [-0.05, 0) is 42.8 Å². The Morgan fingerprint density at radius 1 is 1.14 bits per heavy atom. The summed E-state index contributed by atoms with van der Waals surface area (Å²) >= 11 is 1.33. The lowest BCUT2D eigenvalue weighted by molar-refractivity contribution is 0.0966. The molecule has 8 nitrogen and oxygen atoms in total. The van der Waals surface area contributed by atoms with Crippen LogP contribution in [0, 0.1) is 6.92 Å². The smallest absolute Gasteiger partial charge is 0.319 e. The summed E-state index contributed by atoms with van der Waals surface area (Å²) in [6.45, 7) is 2.15. The van der Waals surface area contributed by atoms with E-state index in [9.17, 15) is 9.59 Å². The van der Waals surface area contributed by atoms with E-state index in [2.05, 4.69) is 25.9 Å². The molecule has 0 fully saturated rings. The first-order chi connectivity index (χ1) is 13.5. The number of nitrogens with one attached hydrogen (secondary N) is 3. The summed E-state index contributed by atoms with van der Waals surface area (Å²) in [6.07, 6.45) is 1.62. The largest absolute Gasteiger partial charge is 0.384 e. The minimum absolute atomic E-state index is 0.146. The van der Waals surface area contributed by atoms with E-state index in [0.717, 1.165) is 16.1 Å². The Hall–Kier alpha value is -3.46. The van der Waals surface area contributed by atoms with E-state index >= 15 is 0 Å². The minimum Gasteiger partial charge on any atom is -0.384 e. The first-order valence-corrected chi connectivity index (χ1v) is 9.33. The van der Waals surface area contributed by atoms with E-state index in [1.165, 1.54) is 11.3 Å². The van der Waals surface area contributed by atoms with Crippen molar-refractivity contribution >= 4 is 34.8 Å². The summed E-state index contributed by atoms with van der Waals surface area (Å²) in [4.78, 5) is 32.9. The molecular weight excluding hydrogens is 376 g/mol. The predicted molar refractivity (Wildman–Crippen MR) is 110 cm³/mol. The van der Waals surface area contributed by atoms with Crippen LogP contribution in [-0.2, 0) is 6.54 Å². The normalized spacial score (nSPS) is 10.4. The van der Waals surface area contributed by atoms with Crippen molar-refractivity contribution in [2.45, 2.75) is 13.5 Å². The molecule has 0 saturated carbocycles. The van der Waals surface area contributed by atoms with Crippen LogP contribution in [0.4, 0.5) is 16.3 Å². The van der Waals surface area contributed by atoms with Gasteiger partial charge >= 0.3 is 6.03 Å². The summed E-state index contributed by atoms with van der Waals surface area (Å²) in [5.74, 6) is 0.290. The molecule has 0 radical (unpaired) electrons. The number of nitrogens with zero attached hydrogens (tertiary/aromatic N) is 2. The van der Waals surface area contributed by atoms with Crippen LogP contribution in [0.3, 0.4) is 0 Å². The Labute approximate surface area is 166 Å². The van der Waals surface area contributed by atoms with Crippen molar-refractivity contribution in [3.63, 3.8) is 0 Å². The zero-order chi connectivity index (χ0) is 20.1. The van der Waals surface area contributed by atoms with Gasteiger partial charge in [0.2, 0.25) is 0 Å². The minimum atomic E-state index is -0.323. The topological polar surface area (TPSA) is 122 Å². The molecule has 0 aliphatic heterocycles. The summed E-state index contributed by atoms with van der Waals surface area (Å²) in [7, 11) is 1.59. The number of anilines is 2. The fourth-order valence-electron chi connectivity index (χ4n) is 2.44. The molecule has 3 rings (SSSR count). The average molecular weight is 396 g/mol. The van der Waals surface area contributed by atoms with Crippen molar-refractivity contribution < 1.29 is 9.59 Å². The van der Waals surface area contributed by atoms with Gasteiger partial charge in [-0.25, -0.2) is 14.8 Å².